The Morgan fingerprint density at radius 1 is 1.29 bits per heavy atom. The van der Waals surface area contributed by atoms with Gasteiger partial charge in [0.25, 0.3) is 5.91 Å². The summed E-state index contributed by atoms with van der Waals surface area (Å²) in [4.78, 5) is 23.4. The van der Waals surface area contributed by atoms with Gasteiger partial charge in [-0.25, -0.2) is 9.42 Å². The Balaban J connectivity index is 2.01. The number of aromatic nitrogens is 2. The van der Waals surface area contributed by atoms with Gasteiger partial charge in [-0.05, 0) is 41.0 Å². The van der Waals surface area contributed by atoms with E-state index in [2.05, 4.69) is 20.3 Å². The highest BCUT2D eigenvalue weighted by atomic mass is 16.6. The Hall–Kier alpha value is -2.90. The number of carbonyl (C=O) groups excluding carboxylic acids is 2. The number of nitrogen functional groups attached to an aromatic ring is 1. The summed E-state index contributed by atoms with van der Waals surface area (Å²) in [6, 6.07) is 6.25. The summed E-state index contributed by atoms with van der Waals surface area (Å²) in [5.41, 5.74) is 6.21. The van der Waals surface area contributed by atoms with Crippen molar-refractivity contribution in [3.05, 3.63) is 35.5 Å². The molecule has 0 atom stereocenters. The van der Waals surface area contributed by atoms with E-state index in [-0.39, 0.29) is 11.5 Å². The van der Waals surface area contributed by atoms with Crippen LogP contribution in [0.3, 0.4) is 0 Å². The maximum absolute atomic E-state index is 11.8. The molecule has 8 heteroatoms. The van der Waals surface area contributed by atoms with Crippen LogP contribution in [0.15, 0.2) is 28.9 Å². The van der Waals surface area contributed by atoms with Gasteiger partial charge in [0.15, 0.2) is 0 Å². The summed E-state index contributed by atoms with van der Waals surface area (Å²) in [6.45, 7) is 2.28. The zero-order valence-electron chi connectivity index (χ0n) is 11.3. The molecule has 2 aromatic rings. The van der Waals surface area contributed by atoms with Crippen molar-refractivity contribution >= 4 is 23.4 Å². The molecular formula is C13H14N4O4. The molecule has 21 heavy (non-hydrogen) atoms. The molecule has 0 fully saturated rings. The average molecular weight is 290 g/mol. The number of ether oxygens (including phenoxy) is 1. The molecule has 0 aliphatic heterocycles. The first kappa shape index (κ1) is 14.5. The fourth-order valence-electron chi connectivity index (χ4n) is 1.51. The lowest BCUT2D eigenvalue weighted by molar-refractivity contribution is 0.0505. The zero-order valence-corrected chi connectivity index (χ0v) is 11.3. The molecule has 0 radical (unpaired) electrons. The van der Waals surface area contributed by atoms with Gasteiger partial charge in [0, 0.05) is 5.69 Å². The smallest absolute Gasteiger partial charge is 0.338 e. The third-order valence-corrected chi connectivity index (χ3v) is 2.54. The minimum Gasteiger partial charge on any atom is -0.462 e. The summed E-state index contributed by atoms with van der Waals surface area (Å²) in [5, 5.41) is 9.27. The number of nitrogens with two attached hydrogens (primary N) is 1. The molecule has 0 bridgehead atoms. The van der Waals surface area contributed by atoms with Gasteiger partial charge < -0.3 is 15.8 Å². The number of hydrogen-bond donors (Lipinski definition) is 2. The van der Waals surface area contributed by atoms with Gasteiger partial charge in [0.1, 0.15) is 0 Å². The molecule has 0 saturated carbocycles. The largest absolute Gasteiger partial charge is 0.462 e. The summed E-state index contributed by atoms with van der Waals surface area (Å²) in [5.74, 6) is -1.04. The van der Waals surface area contributed by atoms with Crippen LogP contribution in [0.4, 0.5) is 11.5 Å². The molecule has 1 aromatic carbocycles. The van der Waals surface area contributed by atoms with Crippen LogP contribution >= 0.6 is 0 Å². The highest BCUT2D eigenvalue weighted by molar-refractivity contribution is 6.05. The first-order valence-corrected chi connectivity index (χ1v) is 6.28. The predicted octanol–water partition coefficient (Wildman–Crippen LogP) is 1.47. The number of rotatable bonds is 5. The molecule has 0 aliphatic rings. The van der Waals surface area contributed by atoms with E-state index in [1.807, 2.05) is 6.92 Å². The lowest BCUT2D eigenvalue weighted by Crippen LogP contribution is -2.14. The Bertz CT molecular complexity index is 636. The van der Waals surface area contributed by atoms with Gasteiger partial charge in [0.2, 0.25) is 11.5 Å². The van der Waals surface area contributed by atoms with Crippen molar-refractivity contribution in [1.29, 1.82) is 0 Å². The normalized spacial score (nSPS) is 10.1. The van der Waals surface area contributed by atoms with Crippen molar-refractivity contribution in [3.63, 3.8) is 0 Å². The number of hydrogen-bond acceptors (Lipinski definition) is 7. The van der Waals surface area contributed by atoms with Crippen LogP contribution < -0.4 is 11.1 Å². The van der Waals surface area contributed by atoms with E-state index in [9.17, 15) is 9.59 Å². The molecule has 0 aliphatic carbocycles. The van der Waals surface area contributed by atoms with Crippen LogP contribution in [0.5, 0.6) is 0 Å². The number of benzene rings is 1. The number of amides is 1. The lowest BCUT2D eigenvalue weighted by atomic mass is 10.2. The Labute approximate surface area is 120 Å². The standard InChI is InChI=1S/C13H14N4O4/c1-2-7-20-13(19)8-3-5-9(6-4-8)15-12(18)10-11(14)17-21-16-10/h3-6H,2,7H2,1H3,(H2,14,17)(H,15,18). The zero-order chi connectivity index (χ0) is 15.2. The van der Waals surface area contributed by atoms with E-state index in [4.69, 9.17) is 10.5 Å². The summed E-state index contributed by atoms with van der Waals surface area (Å²) in [7, 11) is 0. The molecule has 1 amide bonds. The van der Waals surface area contributed by atoms with E-state index in [1.54, 1.807) is 24.3 Å². The van der Waals surface area contributed by atoms with Crippen molar-refractivity contribution in [1.82, 2.24) is 10.3 Å². The van der Waals surface area contributed by atoms with Crippen LogP contribution in [-0.2, 0) is 4.74 Å². The molecule has 1 heterocycles. The highest BCUT2D eigenvalue weighted by Gasteiger charge is 2.16. The van der Waals surface area contributed by atoms with Gasteiger partial charge >= 0.3 is 5.97 Å². The topological polar surface area (TPSA) is 120 Å². The van der Waals surface area contributed by atoms with Gasteiger partial charge in [-0.2, -0.15) is 0 Å². The van der Waals surface area contributed by atoms with E-state index in [1.165, 1.54) is 0 Å². The fraction of sp³-hybridized carbons (Fsp3) is 0.231. The summed E-state index contributed by atoms with van der Waals surface area (Å²) >= 11 is 0. The van der Waals surface area contributed by atoms with Crippen molar-refractivity contribution < 1.29 is 19.0 Å². The van der Waals surface area contributed by atoms with E-state index in [0.29, 0.717) is 17.9 Å². The molecular weight excluding hydrogens is 276 g/mol. The van der Waals surface area contributed by atoms with Crippen LogP contribution in [0.1, 0.15) is 34.2 Å². The van der Waals surface area contributed by atoms with Gasteiger partial charge in [-0.15, -0.1) is 0 Å². The highest BCUT2D eigenvalue weighted by Crippen LogP contribution is 2.13. The minimum absolute atomic E-state index is 0.0905. The van der Waals surface area contributed by atoms with Crippen LogP contribution in [-0.4, -0.2) is 28.8 Å². The van der Waals surface area contributed by atoms with Crippen LogP contribution in [0.2, 0.25) is 0 Å². The summed E-state index contributed by atoms with van der Waals surface area (Å²) < 4.78 is 9.34. The van der Waals surface area contributed by atoms with Crippen LogP contribution in [0.25, 0.3) is 0 Å². The second-order valence-corrected chi connectivity index (χ2v) is 4.17. The SMILES string of the molecule is CCCOC(=O)c1ccc(NC(=O)c2nonc2N)cc1. The third-order valence-electron chi connectivity index (χ3n) is 2.54. The third kappa shape index (κ3) is 3.56. The van der Waals surface area contributed by atoms with E-state index >= 15 is 0 Å². The molecule has 0 unspecified atom stereocenters. The second-order valence-electron chi connectivity index (χ2n) is 4.17. The van der Waals surface area contributed by atoms with Crippen molar-refractivity contribution in [3.8, 4) is 0 Å². The first-order chi connectivity index (χ1) is 10.1. The Morgan fingerprint density at radius 2 is 2.00 bits per heavy atom. The number of anilines is 2. The molecule has 110 valence electrons. The van der Waals surface area contributed by atoms with Gasteiger partial charge in [0.05, 0.1) is 12.2 Å². The molecule has 3 N–H and O–H groups in total. The van der Waals surface area contributed by atoms with E-state index < -0.39 is 11.9 Å². The fourth-order valence-corrected chi connectivity index (χ4v) is 1.51. The molecule has 8 nitrogen and oxygen atoms in total. The van der Waals surface area contributed by atoms with Gasteiger partial charge in [-0.3, -0.25) is 4.79 Å². The maximum Gasteiger partial charge on any atom is 0.338 e. The number of carbonyl (C=O) groups is 2. The van der Waals surface area contributed by atoms with Crippen molar-refractivity contribution in [2.45, 2.75) is 13.3 Å². The number of nitrogens with one attached hydrogen (secondary N) is 1. The van der Waals surface area contributed by atoms with E-state index in [0.717, 1.165) is 6.42 Å². The van der Waals surface area contributed by atoms with Crippen molar-refractivity contribution in [2.24, 2.45) is 0 Å². The molecule has 0 spiro atoms. The average Bonchev–Trinajstić information content (AvgIpc) is 2.91. The quantitative estimate of drug-likeness (QED) is 0.800. The minimum atomic E-state index is -0.546. The second kappa shape index (κ2) is 6.51. The molecule has 1 aromatic heterocycles. The van der Waals surface area contributed by atoms with Crippen LogP contribution in [0, 0.1) is 0 Å². The summed E-state index contributed by atoms with van der Waals surface area (Å²) in [6.07, 6.45) is 0.757. The monoisotopic (exact) mass is 290 g/mol. The Morgan fingerprint density at radius 3 is 2.57 bits per heavy atom. The maximum atomic E-state index is 11.8. The predicted molar refractivity (Wildman–Crippen MR) is 73.7 cm³/mol. The van der Waals surface area contributed by atoms with Crippen molar-refractivity contribution in [2.75, 3.05) is 17.7 Å². The number of esters is 1. The molecule has 0 saturated heterocycles. The Kier molecular flexibility index (Phi) is 4.50. The lowest BCUT2D eigenvalue weighted by Gasteiger charge is -2.05. The first-order valence-electron chi connectivity index (χ1n) is 6.28. The van der Waals surface area contributed by atoms with Gasteiger partial charge in [-0.1, -0.05) is 6.92 Å². The molecule has 2 rings (SSSR count). The number of nitrogens with zero attached hydrogens (tertiary/aromatic N) is 2.